The molecule has 0 saturated heterocycles. The molecule has 0 heterocycles. The molecule has 0 spiro atoms. The van der Waals surface area contributed by atoms with Gasteiger partial charge in [0.15, 0.2) is 5.69 Å². The molecule has 0 aromatic heterocycles. The molecule has 0 aliphatic rings. The van der Waals surface area contributed by atoms with Crippen molar-refractivity contribution in [1.82, 2.24) is 0 Å². The highest BCUT2D eigenvalue weighted by Crippen LogP contribution is 2.31. The van der Waals surface area contributed by atoms with Gasteiger partial charge in [0.25, 0.3) is 0 Å². The largest absolute Gasteiger partial charge is 0.238 e. The summed E-state index contributed by atoms with van der Waals surface area (Å²) in [5.41, 5.74) is 0.347. The average molecular weight is 250 g/mol. The maximum Gasteiger partial charge on any atom is 0.188 e. The molecule has 1 nitrogen and oxygen atoms in total. The maximum absolute atomic E-state index is 13.6. The van der Waals surface area contributed by atoms with Crippen molar-refractivity contribution >= 4 is 17.3 Å². The molecular formula is C13H6ClF2N. The smallest absolute Gasteiger partial charge is 0.188 e. The van der Waals surface area contributed by atoms with Crippen molar-refractivity contribution in [2.45, 2.75) is 0 Å². The number of hydrogen-bond donors (Lipinski definition) is 0. The number of nitrogens with zero attached hydrogens (tertiary/aromatic N) is 1. The van der Waals surface area contributed by atoms with Crippen LogP contribution in [-0.2, 0) is 0 Å². The quantitative estimate of drug-likeness (QED) is 0.637. The zero-order valence-corrected chi connectivity index (χ0v) is 9.30. The standard InChI is InChI=1S/C13H6ClF2N/c1-17-9-3-5-13(16)11(7-9)10-6-8(14)2-4-12(10)15/h2-7H. The highest BCUT2D eigenvalue weighted by molar-refractivity contribution is 6.30. The Bertz CT molecular complexity index is 617. The first-order chi connectivity index (χ1) is 8.11. The molecule has 2 aromatic carbocycles. The van der Waals surface area contributed by atoms with E-state index in [1.165, 1.54) is 30.3 Å². The summed E-state index contributed by atoms with van der Waals surface area (Å²) in [7, 11) is 0. The molecule has 2 rings (SSSR count). The second-order valence-corrected chi connectivity index (χ2v) is 3.84. The fourth-order valence-electron chi connectivity index (χ4n) is 1.49. The van der Waals surface area contributed by atoms with Gasteiger partial charge in [-0.1, -0.05) is 17.7 Å². The third-order valence-electron chi connectivity index (χ3n) is 2.30. The Morgan fingerprint density at radius 2 is 1.53 bits per heavy atom. The molecular weight excluding hydrogens is 244 g/mol. The lowest BCUT2D eigenvalue weighted by Crippen LogP contribution is -1.88. The Balaban J connectivity index is 2.68. The van der Waals surface area contributed by atoms with Crippen LogP contribution in [0.25, 0.3) is 16.0 Å². The molecule has 0 aliphatic heterocycles. The zero-order valence-electron chi connectivity index (χ0n) is 8.55. The SMILES string of the molecule is [C-]#[N+]c1ccc(F)c(-c2cc(Cl)ccc2F)c1. The number of hydrogen-bond acceptors (Lipinski definition) is 0. The van der Waals surface area contributed by atoms with Crippen LogP contribution in [0.4, 0.5) is 14.5 Å². The van der Waals surface area contributed by atoms with Crippen molar-refractivity contribution in [3.63, 3.8) is 0 Å². The average Bonchev–Trinajstić information content (AvgIpc) is 2.33. The van der Waals surface area contributed by atoms with Crippen LogP contribution in [-0.4, -0.2) is 0 Å². The summed E-state index contributed by atoms with van der Waals surface area (Å²) in [6.07, 6.45) is 0. The van der Waals surface area contributed by atoms with Crippen LogP contribution in [0.5, 0.6) is 0 Å². The summed E-state index contributed by atoms with van der Waals surface area (Å²) in [4.78, 5) is 3.18. The van der Waals surface area contributed by atoms with Crippen molar-refractivity contribution in [2.75, 3.05) is 0 Å². The van der Waals surface area contributed by atoms with Gasteiger partial charge in [-0.2, -0.15) is 0 Å². The molecule has 0 amide bonds. The molecule has 84 valence electrons. The maximum atomic E-state index is 13.6. The first-order valence-corrected chi connectivity index (χ1v) is 5.12. The van der Waals surface area contributed by atoms with Gasteiger partial charge in [-0.25, -0.2) is 13.6 Å². The highest BCUT2D eigenvalue weighted by Gasteiger charge is 2.11. The van der Waals surface area contributed by atoms with E-state index in [1.807, 2.05) is 0 Å². The second kappa shape index (κ2) is 4.52. The van der Waals surface area contributed by atoms with Crippen LogP contribution in [0.2, 0.25) is 5.02 Å². The number of rotatable bonds is 1. The normalized spacial score (nSPS) is 10.0. The van der Waals surface area contributed by atoms with Gasteiger partial charge in [-0.3, -0.25) is 0 Å². The van der Waals surface area contributed by atoms with E-state index in [0.717, 1.165) is 6.07 Å². The van der Waals surface area contributed by atoms with Crippen LogP contribution >= 0.6 is 11.6 Å². The predicted octanol–water partition coefficient (Wildman–Crippen LogP) is 4.84. The van der Waals surface area contributed by atoms with Crippen molar-refractivity contribution < 1.29 is 8.78 Å². The lowest BCUT2D eigenvalue weighted by atomic mass is 10.0. The van der Waals surface area contributed by atoms with Crippen LogP contribution in [0.1, 0.15) is 0 Å². The van der Waals surface area contributed by atoms with Crippen LogP contribution in [0.3, 0.4) is 0 Å². The molecule has 0 saturated carbocycles. The second-order valence-electron chi connectivity index (χ2n) is 3.40. The lowest BCUT2D eigenvalue weighted by molar-refractivity contribution is 0.616. The summed E-state index contributed by atoms with van der Waals surface area (Å²) < 4.78 is 27.2. The van der Waals surface area contributed by atoms with E-state index in [-0.39, 0.29) is 16.8 Å². The van der Waals surface area contributed by atoms with Gasteiger partial charge >= 0.3 is 0 Å². The third-order valence-corrected chi connectivity index (χ3v) is 2.53. The summed E-state index contributed by atoms with van der Waals surface area (Å²) in [5, 5.41) is 0.314. The Labute approximate surface area is 102 Å². The minimum atomic E-state index is -0.585. The van der Waals surface area contributed by atoms with E-state index < -0.39 is 11.6 Å². The van der Waals surface area contributed by atoms with Crippen molar-refractivity contribution in [2.24, 2.45) is 0 Å². The van der Waals surface area contributed by atoms with Gasteiger partial charge in [0.05, 0.1) is 6.57 Å². The van der Waals surface area contributed by atoms with Crippen LogP contribution in [0.15, 0.2) is 36.4 Å². The Morgan fingerprint density at radius 3 is 2.18 bits per heavy atom. The Hall–Kier alpha value is -1.92. The summed E-state index contributed by atoms with van der Waals surface area (Å²) in [6, 6.07) is 7.68. The van der Waals surface area contributed by atoms with Gasteiger partial charge in [0.2, 0.25) is 0 Å². The molecule has 0 bridgehead atoms. The van der Waals surface area contributed by atoms with Crippen molar-refractivity contribution in [3.8, 4) is 11.1 Å². The molecule has 17 heavy (non-hydrogen) atoms. The molecule has 2 aromatic rings. The van der Waals surface area contributed by atoms with Crippen molar-refractivity contribution in [3.05, 3.63) is 64.5 Å². The predicted molar refractivity (Wildman–Crippen MR) is 63.1 cm³/mol. The topological polar surface area (TPSA) is 4.36 Å². The monoisotopic (exact) mass is 249 g/mol. The summed E-state index contributed by atoms with van der Waals surface area (Å²) >= 11 is 5.74. The number of benzene rings is 2. The first-order valence-electron chi connectivity index (χ1n) is 4.74. The Kier molecular flexibility index (Phi) is 3.08. The van der Waals surface area contributed by atoms with E-state index in [2.05, 4.69) is 4.85 Å². The molecule has 0 fully saturated rings. The molecule has 0 radical (unpaired) electrons. The molecule has 0 unspecified atom stereocenters. The molecule has 0 aliphatic carbocycles. The van der Waals surface area contributed by atoms with Gasteiger partial charge in [-0.05, 0) is 30.3 Å². The fourth-order valence-corrected chi connectivity index (χ4v) is 1.67. The van der Waals surface area contributed by atoms with E-state index in [0.29, 0.717) is 5.02 Å². The van der Waals surface area contributed by atoms with Gasteiger partial charge in [-0.15, -0.1) is 0 Å². The minimum absolute atomic E-state index is 0.0403. The van der Waals surface area contributed by atoms with E-state index in [1.54, 1.807) is 0 Å². The van der Waals surface area contributed by atoms with Gasteiger partial charge in [0.1, 0.15) is 11.6 Å². The van der Waals surface area contributed by atoms with E-state index in [9.17, 15) is 8.78 Å². The third kappa shape index (κ3) is 2.27. The summed E-state index contributed by atoms with van der Waals surface area (Å²) in [6.45, 7) is 6.85. The van der Waals surface area contributed by atoms with E-state index >= 15 is 0 Å². The summed E-state index contributed by atoms with van der Waals surface area (Å²) in [5.74, 6) is -1.16. The highest BCUT2D eigenvalue weighted by atomic mass is 35.5. The fraction of sp³-hybridized carbons (Fsp3) is 0. The molecule has 4 heteroatoms. The lowest BCUT2D eigenvalue weighted by Gasteiger charge is -2.06. The van der Waals surface area contributed by atoms with Gasteiger partial charge < -0.3 is 0 Å². The first kappa shape index (κ1) is 11.6. The van der Waals surface area contributed by atoms with Gasteiger partial charge in [0, 0.05) is 16.1 Å². The number of halogens is 3. The molecule has 0 N–H and O–H groups in total. The van der Waals surface area contributed by atoms with Crippen LogP contribution in [0, 0.1) is 18.2 Å². The minimum Gasteiger partial charge on any atom is -0.238 e. The Morgan fingerprint density at radius 1 is 0.941 bits per heavy atom. The molecule has 0 atom stereocenters. The van der Waals surface area contributed by atoms with Crippen LogP contribution < -0.4 is 0 Å². The van der Waals surface area contributed by atoms with E-state index in [4.69, 9.17) is 18.2 Å². The van der Waals surface area contributed by atoms with Crippen molar-refractivity contribution in [1.29, 1.82) is 0 Å². The zero-order chi connectivity index (χ0) is 12.4.